The van der Waals surface area contributed by atoms with Gasteiger partial charge < -0.3 is 14.5 Å². The number of hydrogen-bond acceptors (Lipinski definition) is 6. The topological polar surface area (TPSA) is 88.8 Å². The smallest absolute Gasteiger partial charge is 0.294 e. The predicted molar refractivity (Wildman–Crippen MR) is 133 cm³/mol. The van der Waals surface area contributed by atoms with E-state index in [-0.39, 0.29) is 4.91 Å². The average molecular weight is 517 g/mol. The molecule has 0 bridgehead atoms. The number of benzene rings is 2. The Morgan fingerprint density at radius 2 is 1.88 bits per heavy atom. The SMILES string of the molecule is CCOc1ccc(NC(=O)CN2C(=O)S/C(=C/c3ccc(-c4cc(Cl)ccc4Cl)o3)C2=O)cc1. The van der Waals surface area contributed by atoms with Crippen molar-refractivity contribution >= 4 is 63.8 Å². The van der Waals surface area contributed by atoms with Crippen LogP contribution in [0.5, 0.6) is 5.75 Å². The van der Waals surface area contributed by atoms with Gasteiger partial charge in [-0.15, -0.1) is 0 Å². The zero-order chi connectivity index (χ0) is 24.2. The van der Waals surface area contributed by atoms with E-state index < -0.39 is 23.6 Å². The Bertz CT molecular complexity index is 1290. The fourth-order valence-electron chi connectivity index (χ4n) is 3.17. The number of thioether (sulfide) groups is 1. The van der Waals surface area contributed by atoms with Crippen LogP contribution in [0.3, 0.4) is 0 Å². The van der Waals surface area contributed by atoms with E-state index in [1.165, 1.54) is 6.08 Å². The third-order valence-corrected chi connectivity index (χ3v) is 6.19. The minimum absolute atomic E-state index is 0.150. The zero-order valence-electron chi connectivity index (χ0n) is 17.8. The van der Waals surface area contributed by atoms with Gasteiger partial charge in [-0.05, 0) is 73.3 Å². The number of carbonyl (C=O) groups is 3. The van der Waals surface area contributed by atoms with Crippen LogP contribution in [0.25, 0.3) is 17.4 Å². The minimum atomic E-state index is -0.574. The lowest BCUT2D eigenvalue weighted by Crippen LogP contribution is -2.36. The molecule has 1 aliphatic rings. The van der Waals surface area contributed by atoms with E-state index in [0.717, 1.165) is 16.7 Å². The Kier molecular flexibility index (Phi) is 7.31. The number of carbonyl (C=O) groups excluding carboxylic acids is 3. The summed E-state index contributed by atoms with van der Waals surface area (Å²) in [4.78, 5) is 38.5. The van der Waals surface area contributed by atoms with Crippen LogP contribution in [0, 0.1) is 0 Å². The van der Waals surface area contributed by atoms with E-state index in [1.807, 2.05) is 6.92 Å². The van der Waals surface area contributed by atoms with E-state index in [9.17, 15) is 14.4 Å². The molecule has 2 heterocycles. The number of nitrogens with one attached hydrogen (secondary N) is 1. The van der Waals surface area contributed by atoms with Gasteiger partial charge in [0.15, 0.2) is 0 Å². The van der Waals surface area contributed by atoms with Crippen LogP contribution in [-0.2, 0) is 9.59 Å². The summed E-state index contributed by atoms with van der Waals surface area (Å²) in [5.74, 6) is 0.428. The number of halogens is 2. The molecule has 0 unspecified atom stereocenters. The highest BCUT2D eigenvalue weighted by molar-refractivity contribution is 8.18. The Morgan fingerprint density at radius 1 is 1.12 bits per heavy atom. The van der Waals surface area contributed by atoms with Gasteiger partial charge in [0.2, 0.25) is 5.91 Å². The first-order chi connectivity index (χ1) is 16.3. The number of ether oxygens (including phenoxy) is 1. The number of furan rings is 1. The minimum Gasteiger partial charge on any atom is -0.494 e. The summed E-state index contributed by atoms with van der Waals surface area (Å²) < 4.78 is 11.1. The first-order valence-corrected chi connectivity index (χ1v) is 11.7. The molecule has 0 saturated carbocycles. The van der Waals surface area contributed by atoms with Gasteiger partial charge in [0, 0.05) is 22.3 Å². The van der Waals surface area contributed by atoms with E-state index in [4.69, 9.17) is 32.4 Å². The molecule has 0 aliphatic carbocycles. The number of hydrogen-bond donors (Lipinski definition) is 1. The second-order valence-electron chi connectivity index (χ2n) is 7.10. The summed E-state index contributed by atoms with van der Waals surface area (Å²) in [5, 5.41) is 3.09. The van der Waals surface area contributed by atoms with Crippen molar-refractivity contribution in [3.05, 3.63) is 75.3 Å². The molecule has 1 saturated heterocycles. The Balaban J connectivity index is 1.43. The molecule has 0 radical (unpaired) electrons. The van der Waals surface area contributed by atoms with Crippen molar-refractivity contribution in [2.45, 2.75) is 6.92 Å². The van der Waals surface area contributed by atoms with Gasteiger partial charge >= 0.3 is 0 Å². The van der Waals surface area contributed by atoms with Crippen molar-refractivity contribution in [2.75, 3.05) is 18.5 Å². The maximum atomic E-state index is 12.7. The van der Waals surface area contributed by atoms with Crippen molar-refractivity contribution in [1.82, 2.24) is 4.90 Å². The van der Waals surface area contributed by atoms with Gasteiger partial charge in [-0.2, -0.15) is 0 Å². The molecule has 1 N–H and O–H groups in total. The van der Waals surface area contributed by atoms with Crippen LogP contribution < -0.4 is 10.1 Å². The molecule has 7 nitrogen and oxygen atoms in total. The van der Waals surface area contributed by atoms with Gasteiger partial charge in [0.1, 0.15) is 23.8 Å². The molecular formula is C24H18Cl2N2O5S. The van der Waals surface area contributed by atoms with Crippen LogP contribution in [0.1, 0.15) is 12.7 Å². The van der Waals surface area contributed by atoms with Gasteiger partial charge in [0.25, 0.3) is 11.1 Å². The summed E-state index contributed by atoms with van der Waals surface area (Å²) in [7, 11) is 0. The van der Waals surface area contributed by atoms with Gasteiger partial charge in [0.05, 0.1) is 16.5 Å². The molecule has 10 heteroatoms. The summed E-state index contributed by atoms with van der Waals surface area (Å²) >= 11 is 13.0. The lowest BCUT2D eigenvalue weighted by atomic mass is 10.2. The number of amides is 3. The van der Waals surface area contributed by atoms with Gasteiger partial charge in [-0.25, -0.2) is 0 Å². The lowest BCUT2D eigenvalue weighted by Gasteiger charge is -2.12. The Morgan fingerprint density at radius 3 is 2.62 bits per heavy atom. The molecule has 3 amide bonds. The van der Waals surface area contributed by atoms with Crippen molar-refractivity contribution < 1.29 is 23.5 Å². The molecule has 4 rings (SSSR count). The van der Waals surface area contributed by atoms with Crippen LogP contribution in [0.2, 0.25) is 10.0 Å². The molecule has 2 aromatic carbocycles. The third kappa shape index (κ3) is 5.47. The van der Waals surface area contributed by atoms with E-state index >= 15 is 0 Å². The standard InChI is InChI=1S/C24H18Cl2N2O5S/c1-2-32-16-6-4-15(5-7-16)27-22(29)13-28-23(30)21(34-24(28)31)12-17-8-10-20(33-17)18-11-14(25)3-9-19(18)26/h3-12H,2,13H2,1H3,(H,27,29)/b21-12+. The predicted octanol–water partition coefficient (Wildman–Crippen LogP) is 6.33. The molecule has 1 aromatic heterocycles. The molecule has 34 heavy (non-hydrogen) atoms. The van der Waals surface area contributed by atoms with Crippen molar-refractivity contribution in [3.63, 3.8) is 0 Å². The highest BCUT2D eigenvalue weighted by Crippen LogP contribution is 2.35. The Hall–Kier alpha value is -3.20. The maximum absolute atomic E-state index is 12.7. The third-order valence-electron chi connectivity index (χ3n) is 4.72. The van der Waals surface area contributed by atoms with Gasteiger partial charge in [-0.1, -0.05) is 23.2 Å². The van der Waals surface area contributed by atoms with Crippen LogP contribution >= 0.6 is 35.0 Å². The van der Waals surface area contributed by atoms with E-state index in [1.54, 1.807) is 54.6 Å². The Labute approximate surface area is 209 Å². The van der Waals surface area contributed by atoms with E-state index in [0.29, 0.717) is 45.2 Å². The summed E-state index contributed by atoms with van der Waals surface area (Å²) in [6.45, 7) is 2.00. The largest absolute Gasteiger partial charge is 0.494 e. The van der Waals surface area contributed by atoms with Crippen LogP contribution in [-0.4, -0.2) is 35.1 Å². The summed E-state index contributed by atoms with van der Waals surface area (Å²) in [5.41, 5.74) is 1.13. The van der Waals surface area contributed by atoms with Crippen LogP contribution in [0.15, 0.2) is 63.9 Å². The summed E-state index contributed by atoms with van der Waals surface area (Å²) in [6.07, 6.45) is 1.46. The molecule has 0 atom stereocenters. The number of nitrogens with zero attached hydrogens (tertiary/aromatic N) is 1. The number of imide groups is 1. The van der Waals surface area contributed by atoms with Crippen LogP contribution in [0.4, 0.5) is 10.5 Å². The molecule has 174 valence electrons. The zero-order valence-corrected chi connectivity index (χ0v) is 20.2. The lowest BCUT2D eigenvalue weighted by molar-refractivity contribution is -0.127. The fourth-order valence-corrected chi connectivity index (χ4v) is 4.37. The first kappa shape index (κ1) is 23.9. The molecule has 1 aliphatic heterocycles. The molecule has 0 spiro atoms. The van der Waals surface area contributed by atoms with Crippen molar-refractivity contribution in [2.24, 2.45) is 0 Å². The second kappa shape index (κ2) is 10.4. The maximum Gasteiger partial charge on any atom is 0.294 e. The van der Waals surface area contributed by atoms with E-state index in [2.05, 4.69) is 5.32 Å². The van der Waals surface area contributed by atoms with Crippen molar-refractivity contribution in [3.8, 4) is 17.1 Å². The average Bonchev–Trinajstić information content (AvgIpc) is 3.37. The first-order valence-electron chi connectivity index (χ1n) is 10.2. The number of rotatable bonds is 7. The second-order valence-corrected chi connectivity index (χ2v) is 8.94. The number of anilines is 1. The quantitative estimate of drug-likeness (QED) is 0.369. The fraction of sp³-hybridized carbons (Fsp3) is 0.125. The normalized spacial score (nSPS) is 14.7. The van der Waals surface area contributed by atoms with Crippen molar-refractivity contribution in [1.29, 1.82) is 0 Å². The summed E-state index contributed by atoms with van der Waals surface area (Å²) in [6, 6.07) is 15.1. The molecule has 1 fully saturated rings. The highest BCUT2D eigenvalue weighted by Gasteiger charge is 2.36. The van der Waals surface area contributed by atoms with Gasteiger partial charge in [-0.3, -0.25) is 19.3 Å². The molecule has 3 aromatic rings. The monoisotopic (exact) mass is 516 g/mol. The highest BCUT2D eigenvalue weighted by atomic mass is 35.5. The molecular weight excluding hydrogens is 499 g/mol.